The maximum atomic E-state index is 4.70. The minimum atomic E-state index is 0.493. The summed E-state index contributed by atoms with van der Waals surface area (Å²) in [5, 5.41) is 8.97. The van der Waals surface area contributed by atoms with Crippen molar-refractivity contribution in [1.29, 1.82) is 0 Å². The molecular formula is C25H27N7. The molecule has 0 amide bonds. The zero-order valence-corrected chi connectivity index (χ0v) is 18.5. The van der Waals surface area contributed by atoms with Crippen molar-refractivity contribution in [3.05, 3.63) is 61.4 Å². The van der Waals surface area contributed by atoms with Gasteiger partial charge in [-0.2, -0.15) is 10.2 Å². The number of rotatable bonds is 4. The van der Waals surface area contributed by atoms with Crippen molar-refractivity contribution in [1.82, 2.24) is 34.4 Å². The summed E-state index contributed by atoms with van der Waals surface area (Å²) in [6, 6.07) is 10.2. The Kier molecular flexibility index (Phi) is 4.64. The quantitative estimate of drug-likeness (QED) is 0.490. The lowest BCUT2D eigenvalue weighted by Gasteiger charge is -2.36. The van der Waals surface area contributed by atoms with Gasteiger partial charge < -0.3 is 4.90 Å². The van der Waals surface area contributed by atoms with Crippen LogP contribution in [0.5, 0.6) is 0 Å². The van der Waals surface area contributed by atoms with Crippen molar-refractivity contribution >= 4 is 0 Å². The Bertz CT molecular complexity index is 1230. The van der Waals surface area contributed by atoms with Crippen LogP contribution in [0.1, 0.15) is 31.7 Å². The molecule has 5 heterocycles. The zero-order valence-electron chi connectivity index (χ0n) is 18.5. The van der Waals surface area contributed by atoms with Crippen LogP contribution in [-0.4, -0.2) is 53.6 Å². The SMILES string of the molecule is CN1[C@@H]2CC[C@H]1CC(n1cc(-c3cnc(-c4cccc(-c5cnn(C)c5)c4)nc3)cn1)C2. The first-order valence-electron chi connectivity index (χ1n) is 11.3. The lowest BCUT2D eigenvalue weighted by molar-refractivity contribution is 0.131. The van der Waals surface area contributed by atoms with Crippen LogP contribution in [0.25, 0.3) is 33.6 Å². The first kappa shape index (κ1) is 19.4. The Balaban J connectivity index is 1.21. The molecule has 6 rings (SSSR count). The molecule has 3 aromatic heterocycles. The fourth-order valence-electron chi connectivity index (χ4n) is 5.32. The van der Waals surface area contributed by atoms with E-state index in [4.69, 9.17) is 5.10 Å². The number of hydrogen-bond donors (Lipinski definition) is 0. The van der Waals surface area contributed by atoms with E-state index in [-0.39, 0.29) is 0 Å². The summed E-state index contributed by atoms with van der Waals surface area (Å²) in [4.78, 5) is 11.9. The van der Waals surface area contributed by atoms with Crippen LogP contribution in [0.4, 0.5) is 0 Å². The Morgan fingerprint density at radius 2 is 1.41 bits per heavy atom. The van der Waals surface area contributed by atoms with Crippen LogP contribution in [-0.2, 0) is 7.05 Å². The minimum Gasteiger partial charge on any atom is -0.300 e. The van der Waals surface area contributed by atoms with Crippen LogP contribution < -0.4 is 0 Å². The standard InChI is InChI=1S/C25H27N7/c1-30-15-20(13-28-30)17-4-3-5-18(8-17)25-26-11-19(12-27-25)21-14-29-32(16-21)24-9-22-6-7-23(10-24)31(22)2/h3-5,8,11-16,22-24H,6-7,9-10H2,1-2H3/t22-,23+,24?. The highest BCUT2D eigenvalue weighted by Crippen LogP contribution is 2.39. The van der Waals surface area contributed by atoms with Crippen LogP contribution in [0.15, 0.2) is 61.4 Å². The van der Waals surface area contributed by atoms with Crippen LogP contribution in [0.2, 0.25) is 0 Å². The molecule has 2 saturated heterocycles. The number of aromatic nitrogens is 6. The molecule has 4 aromatic rings. The Labute approximate surface area is 187 Å². The molecule has 0 saturated carbocycles. The molecule has 0 N–H and O–H groups in total. The van der Waals surface area contributed by atoms with E-state index in [1.54, 1.807) is 0 Å². The van der Waals surface area contributed by atoms with E-state index in [0.717, 1.165) is 33.6 Å². The molecule has 0 radical (unpaired) electrons. The highest BCUT2D eigenvalue weighted by molar-refractivity contribution is 5.70. The average molecular weight is 426 g/mol. The third-order valence-corrected chi connectivity index (χ3v) is 7.19. The second kappa shape index (κ2) is 7.67. The van der Waals surface area contributed by atoms with Crippen molar-refractivity contribution < 1.29 is 0 Å². The van der Waals surface area contributed by atoms with E-state index in [9.17, 15) is 0 Å². The van der Waals surface area contributed by atoms with Crippen molar-refractivity contribution in [2.45, 2.75) is 43.8 Å². The van der Waals surface area contributed by atoms with E-state index >= 15 is 0 Å². The number of nitrogens with zero attached hydrogens (tertiary/aromatic N) is 7. The molecular weight excluding hydrogens is 398 g/mol. The largest absolute Gasteiger partial charge is 0.300 e. The van der Waals surface area contributed by atoms with E-state index < -0.39 is 0 Å². The maximum absolute atomic E-state index is 4.70. The summed E-state index contributed by atoms with van der Waals surface area (Å²) in [5.74, 6) is 0.721. The molecule has 0 aliphatic carbocycles. The maximum Gasteiger partial charge on any atom is 0.159 e. The van der Waals surface area contributed by atoms with Crippen molar-refractivity contribution in [2.24, 2.45) is 7.05 Å². The highest BCUT2D eigenvalue weighted by Gasteiger charge is 2.39. The van der Waals surface area contributed by atoms with E-state index in [1.807, 2.05) is 54.8 Å². The first-order valence-corrected chi connectivity index (χ1v) is 11.3. The molecule has 7 nitrogen and oxygen atoms in total. The normalized spacial score (nSPS) is 23.0. The molecule has 2 fully saturated rings. The van der Waals surface area contributed by atoms with Gasteiger partial charge in [-0.1, -0.05) is 18.2 Å². The molecule has 162 valence electrons. The second-order valence-electron chi connectivity index (χ2n) is 9.16. The van der Waals surface area contributed by atoms with Gasteiger partial charge in [0.2, 0.25) is 0 Å². The summed E-state index contributed by atoms with van der Waals surface area (Å²) in [6.07, 6.45) is 16.8. The van der Waals surface area contributed by atoms with E-state index in [0.29, 0.717) is 18.1 Å². The second-order valence-corrected chi connectivity index (χ2v) is 9.16. The summed E-state index contributed by atoms with van der Waals surface area (Å²) in [6.45, 7) is 0. The van der Waals surface area contributed by atoms with Gasteiger partial charge in [-0.15, -0.1) is 0 Å². The lowest BCUT2D eigenvalue weighted by Crippen LogP contribution is -2.40. The molecule has 1 aromatic carbocycles. The molecule has 2 bridgehead atoms. The Hall–Kier alpha value is -3.32. The predicted molar refractivity (Wildman–Crippen MR) is 124 cm³/mol. The fraction of sp³-hybridized carbons (Fsp3) is 0.360. The van der Waals surface area contributed by atoms with Gasteiger partial charge in [0, 0.05) is 66.2 Å². The predicted octanol–water partition coefficient (Wildman–Crippen LogP) is 4.21. The van der Waals surface area contributed by atoms with Crippen LogP contribution in [0.3, 0.4) is 0 Å². The van der Waals surface area contributed by atoms with Gasteiger partial charge in [0.1, 0.15) is 0 Å². The van der Waals surface area contributed by atoms with Gasteiger partial charge in [-0.05, 0) is 44.4 Å². The number of aryl methyl sites for hydroxylation is 1. The number of hydrogen-bond acceptors (Lipinski definition) is 5. The lowest BCUT2D eigenvalue weighted by atomic mass is 9.98. The molecule has 7 heteroatoms. The monoisotopic (exact) mass is 425 g/mol. The Morgan fingerprint density at radius 3 is 2.12 bits per heavy atom. The fourth-order valence-corrected chi connectivity index (χ4v) is 5.32. The summed E-state index contributed by atoms with van der Waals surface area (Å²) < 4.78 is 3.97. The molecule has 1 unspecified atom stereocenters. The molecule has 0 spiro atoms. The van der Waals surface area contributed by atoms with Gasteiger partial charge in [-0.3, -0.25) is 9.36 Å². The molecule has 2 aliphatic heterocycles. The highest BCUT2D eigenvalue weighted by atomic mass is 15.3. The van der Waals surface area contributed by atoms with E-state index in [2.05, 4.69) is 50.0 Å². The van der Waals surface area contributed by atoms with Crippen molar-refractivity contribution in [3.63, 3.8) is 0 Å². The number of fused-ring (bicyclic) bond motifs is 2. The third-order valence-electron chi connectivity index (χ3n) is 7.19. The zero-order chi connectivity index (χ0) is 21.7. The summed E-state index contributed by atoms with van der Waals surface area (Å²) >= 11 is 0. The number of benzene rings is 1. The van der Waals surface area contributed by atoms with Crippen molar-refractivity contribution in [3.8, 4) is 33.6 Å². The van der Waals surface area contributed by atoms with Crippen molar-refractivity contribution in [2.75, 3.05) is 7.05 Å². The number of piperidine rings is 1. The minimum absolute atomic E-state index is 0.493. The molecule has 3 atom stereocenters. The summed E-state index contributed by atoms with van der Waals surface area (Å²) in [7, 11) is 4.20. The van der Waals surface area contributed by atoms with Crippen LogP contribution in [0, 0.1) is 0 Å². The molecule has 2 aliphatic rings. The first-order chi connectivity index (χ1) is 15.6. The van der Waals surface area contributed by atoms with Gasteiger partial charge in [0.05, 0.1) is 18.4 Å². The summed E-state index contributed by atoms with van der Waals surface area (Å²) in [5.41, 5.74) is 5.26. The van der Waals surface area contributed by atoms with Gasteiger partial charge in [-0.25, -0.2) is 9.97 Å². The topological polar surface area (TPSA) is 64.7 Å². The van der Waals surface area contributed by atoms with E-state index in [1.165, 1.54) is 25.7 Å². The Morgan fingerprint density at radius 1 is 0.719 bits per heavy atom. The van der Waals surface area contributed by atoms with Gasteiger partial charge in [0.25, 0.3) is 0 Å². The smallest absolute Gasteiger partial charge is 0.159 e. The average Bonchev–Trinajstić information content (AvgIpc) is 3.52. The third kappa shape index (κ3) is 3.42. The van der Waals surface area contributed by atoms with Crippen LogP contribution >= 0.6 is 0 Å². The van der Waals surface area contributed by atoms with Gasteiger partial charge in [0.15, 0.2) is 5.82 Å². The van der Waals surface area contributed by atoms with Gasteiger partial charge >= 0.3 is 0 Å². The molecule has 32 heavy (non-hydrogen) atoms.